The smallest absolute Gasteiger partial charge is 0.251 e. The van der Waals surface area contributed by atoms with Crippen LogP contribution in [0.1, 0.15) is 48.9 Å². The van der Waals surface area contributed by atoms with Gasteiger partial charge in [-0.1, -0.05) is 25.7 Å². The molecular weight excluding hydrogens is 238 g/mol. The van der Waals surface area contributed by atoms with Gasteiger partial charge in [-0.15, -0.1) is 0 Å². The maximum absolute atomic E-state index is 11.8. The van der Waals surface area contributed by atoms with Crippen LogP contribution in [0.25, 0.3) is 0 Å². The third-order valence-corrected chi connectivity index (χ3v) is 3.64. The maximum atomic E-state index is 11.8. The summed E-state index contributed by atoms with van der Waals surface area (Å²) in [7, 11) is 0. The molecule has 4 heteroatoms. The number of carbonyl (C=O) groups is 1. The predicted molar refractivity (Wildman–Crippen MR) is 76.1 cm³/mol. The molecule has 1 fully saturated rings. The molecule has 0 unspecified atom stereocenters. The van der Waals surface area contributed by atoms with E-state index in [4.69, 9.17) is 0 Å². The van der Waals surface area contributed by atoms with Gasteiger partial charge in [-0.2, -0.15) is 0 Å². The van der Waals surface area contributed by atoms with Gasteiger partial charge in [0.2, 0.25) is 0 Å². The summed E-state index contributed by atoms with van der Waals surface area (Å²) >= 11 is 0. The fourth-order valence-electron chi connectivity index (χ4n) is 2.54. The summed E-state index contributed by atoms with van der Waals surface area (Å²) in [5, 5.41) is 6.47. The zero-order valence-electron chi connectivity index (χ0n) is 11.4. The molecule has 1 amide bonds. The van der Waals surface area contributed by atoms with Crippen LogP contribution in [-0.4, -0.2) is 30.0 Å². The second-order valence-corrected chi connectivity index (χ2v) is 5.13. The van der Waals surface area contributed by atoms with Gasteiger partial charge >= 0.3 is 0 Å². The molecule has 104 valence electrons. The highest BCUT2D eigenvalue weighted by Crippen LogP contribution is 2.16. The molecule has 4 nitrogen and oxygen atoms in total. The van der Waals surface area contributed by atoms with Crippen LogP contribution >= 0.6 is 0 Å². The van der Waals surface area contributed by atoms with E-state index in [1.54, 1.807) is 24.5 Å². The minimum atomic E-state index is -0.0231. The number of aromatic nitrogens is 1. The van der Waals surface area contributed by atoms with Gasteiger partial charge in [-0.25, -0.2) is 0 Å². The molecule has 0 saturated heterocycles. The minimum absolute atomic E-state index is 0.0231. The monoisotopic (exact) mass is 261 g/mol. The van der Waals surface area contributed by atoms with Crippen molar-refractivity contribution in [1.82, 2.24) is 15.6 Å². The molecule has 2 N–H and O–H groups in total. The highest BCUT2D eigenvalue weighted by Gasteiger charge is 2.11. The number of hydrogen-bond acceptors (Lipinski definition) is 3. The topological polar surface area (TPSA) is 54.0 Å². The van der Waals surface area contributed by atoms with Gasteiger partial charge in [0.25, 0.3) is 5.91 Å². The molecule has 0 spiro atoms. The quantitative estimate of drug-likeness (QED) is 0.630. The Kier molecular flexibility index (Phi) is 5.82. The first-order valence-corrected chi connectivity index (χ1v) is 7.28. The number of rotatable bonds is 5. The van der Waals surface area contributed by atoms with E-state index in [0.29, 0.717) is 18.2 Å². The number of nitrogens with one attached hydrogen (secondary N) is 2. The van der Waals surface area contributed by atoms with E-state index in [1.807, 2.05) is 0 Å². The number of nitrogens with zero attached hydrogens (tertiary/aromatic N) is 1. The molecule has 1 aliphatic carbocycles. The largest absolute Gasteiger partial charge is 0.351 e. The van der Waals surface area contributed by atoms with Crippen LogP contribution in [0.3, 0.4) is 0 Å². The zero-order valence-corrected chi connectivity index (χ0v) is 11.4. The average molecular weight is 261 g/mol. The Morgan fingerprint density at radius 1 is 1.11 bits per heavy atom. The Balaban J connectivity index is 1.62. The van der Waals surface area contributed by atoms with E-state index in [0.717, 1.165) is 6.54 Å². The summed E-state index contributed by atoms with van der Waals surface area (Å²) in [6, 6.07) is 4.10. The molecular formula is C15H23N3O. The van der Waals surface area contributed by atoms with Crippen LogP contribution in [0.2, 0.25) is 0 Å². The first-order chi connectivity index (χ1) is 9.36. The van der Waals surface area contributed by atoms with E-state index < -0.39 is 0 Å². The van der Waals surface area contributed by atoms with Crippen molar-refractivity contribution in [3.63, 3.8) is 0 Å². The lowest BCUT2D eigenvalue weighted by molar-refractivity contribution is 0.0953. The van der Waals surface area contributed by atoms with Crippen molar-refractivity contribution >= 4 is 5.91 Å². The molecule has 0 radical (unpaired) electrons. The van der Waals surface area contributed by atoms with E-state index in [2.05, 4.69) is 15.6 Å². The number of amides is 1. The Morgan fingerprint density at radius 3 is 2.47 bits per heavy atom. The van der Waals surface area contributed by atoms with Crippen LogP contribution < -0.4 is 10.6 Å². The fourth-order valence-corrected chi connectivity index (χ4v) is 2.54. The lowest BCUT2D eigenvalue weighted by Gasteiger charge is -2.16. The van der Waals surface area contributed by atoms with Crippen LogP contribution in [0.5, 0.6) is 0 Å². The van der Waals surface area contributed by atoms with E-state index >= 15 is 0 Å². The maximum Gasteiger partial charge on any atom is 0.251 e. The van der Waals surface area contributed by atoms with Crippen LogP contribution in [-0.2, 0) is 0 Å². The molecule has 0 aliphatic heterocycles. The standard InChI is InChI=1S/C15H23N3O/c19-15(13-7-9-16-10-8-13)18-12-11-17-14-5-3-1-2-4-6-14/h7-10,14,17H,1-6,11-12H2,(H,18,19). The molecule has 2 rings (SSSR count). The van der Waals surface area contributed by atoms with Crippen molar-refractivity contribution in [2.24, 2.45) is 0 Å². The van der Waals surface area contributed by atoms with Gasteiger partial charge in [-0.3, -0.25) is 9.78 Å². The summed E-state index contributed by atoms with van der Waals surface area (Å²) < 4.78 is 0. The second-order valence-electron chi connectivity index (χ2n) is 5.13. The fraction of sp³-hybridized carbons (Fsp3) is 0.600. The molecule has 1 aliphatic rings. The molecule has 0 aromatic carbocycles. The van der Waals surface area contributed by atoms with Crippen LogP contribution in [0, 0.1) is 0 Å². The molecule has 1 saturated carbocycles. The average Bonchev–Trinajstić information content (AvgIpc) is 2.73. The normalized spacial score (nSPS) is 16.8. The Labute approximate surface area is 115 Å². The first-order valence-electron chi connectivity index (χ1n) is 7.28. The Morgan fingerprint density at radius 2 is 1.79 bits per heavy atom. The summed E-state index contributed by atoms with van der Waals surface area (Å²) in [4.78, 5) is 15.7. The van der Waals surface area contributed by atoms with E-state index in [1.165, 1.54) is 38.5 Å². The third kappa shape index (κ3) is 4.99. The summed E-state index contributed by atoms with van der Waals surface area (Å²) in [6.45, 7) is 1.53. The SMILES string of the molecule is O=C(NCCNC1CCCCCC1)c1ccncc1. The molecule has 0 atom stereocenters. The summed E-state index contributed by atoms with van der Waals surface area (Å²) in [6.07, 6.45) is 11.2. The number of pyridine rings is 1. The molecule has 1 aromatic heterocycles. The van der Waals surface area contributed by atoms with Crippen LogP contribution in [0.15, 0.2) is 24.5 Å². The molecule has 19 heavy (non-hydrogen) atoms. The summed E-state index contributed by atoms with van der Waals surface area (Å²) in [5.74, 6) is -0.0231. The third-order valence-electron chi connectivity index (χ3n) is 3.64. The lowest BCUT2D eigenvalue weighted by atomic mass is 10.1. The van der Waals surface area contributed by atoms with Gasteiger partial charge in [0.05, 0.1) is 0 Å². The lowest BCUT2D eigenvalue weighted by Crippen LogP contribution is -2.36. The Bertz CT molecular complexity index is 372. The Hall–Kier alpha value is -1.42. The predicted octanol–water partition coefficient (Wildman–Crippen LogP) is 2.12. The molecule has 1 heterocycles. The van der Waals surface area contributed by atoms with Gasteiger partial charge in [0.1, 0.15) is 0 Å². The van der Waals surface area contributed by atoms with Crippen molar-refractivity contribution < 1.29 is 4.79 Å². The van der Waals surface area contributed by atoms with Crippen LogP contribution in [0.4, 0.5) is 0 Å². The zero-order chi connectivity index (χ0) is 13.3. The van der Waals surface area contributed by atoms with Crippen molar-refractivity contribution in [3.8, 4) is 0 Å². The highest BCUT2D eigenvalue weighted by atomic mass is 16.1. The van der Waals surface area contributed by atoms with Gasteiger partial charge < -0.3 is 10.6 Å². The minimum Gasteiger partial charge on any atom is -0.351 e. The van der Waals surface area contributed by atoms with Gasteiger partial charge in [-0.05, 0) is 25.0 Å². The van der Waals surface area contributed by atoms with Gasteiger partial charge in [0.15, 0.2) is 0 Å². The van der Waals surface area contributed by atoms with E-state index in [-0.39, 0.29) is 5.91 Å². The van der Waals surface area contributed by atoms with Crippen molar-refractivity contribution in [2.75, 3.05) is 13.1 Å². The molecule has 1 aromatic rings. The second kappa shape index (κ2) is 7.89. The van der Waals surface area contributed by atoms with Crippen molar-refractivity contribution in [3.05, 3.63) is 30.1 Å². The highest BCUT2D eigenvalue weighted by molar-refractivity contribution is 5.93. The number of hydrogen-bond donors (Lipinski definition) is 2. The summed E-state index contributed by atoms with van der Waals surface area (Å²) in [5.41, 5.74) is 0.671. The van der Waals surface area contributed by atoms with Crippen molar-refractivity contribution in [2.45, 2.75) is 44.6 Å². The van der Waals surface area contributed by atoms with Gasteiger partial charge in [0, 0.05) is 37.1 Å². The number of carbonyl (C=O) groups excluding carboxylic acids is 1. The molecule has 0 bridgehead atoms. The van der Waals surface area contributed by atoms with E-state index in [9.17, 15) is 4.79 Å². The van der Waals surface area contributed by atoms with Crippen molar-refractivity contribution in [1.29, 1.82) is 0 Å². The first kappa shape index (κ1) is 14.0.